The summed E-state index contributed by atoms with van der Waals surface area (Å²) in [6.07, 6.45) is 0.298. The Bertz CT molecular complexity index is 781. The summed E-state index contributed by atoms with van der Waals surface area (Å²) >= 11 is 1.53. The molecule has 0 saturated carbocycles. The van der Waals surface area contributed by atoms with Gasteiger partial charge in [-0.15, -0.1) is 11.3 Å². The zero-order valence-corrected chi connectivity index (χ0v) is 15.8. The van der Waals surface area contributed by atoms with Crippen LogP contribution in [0.1, 0.15) is 39.4 Å². The van der Waals surface area contributed by atoms with Crippen molar-refractivity contribution in [3.05, 3.63) is 21.4 Å². The fraction of sp³-hybridized carbons (Fsp3) is 0.562. The molecule has 1 aliphatic heterocycles. The first-order valence-corrected chi connectivity index (χ1v) is 10.6. The Morgan fingerprint density at radius 3 is 2.56 bits per heavy atom. The van der Waals surface area contributed by atoms with Gasteiger partial charge >= 0.3 is 5.97 Å². The number of sulfone groups is 1. The lowest BCUT2D eigenvalue weighted by atomic mass is 10.1. The van der Waals surface area contributed by atoms with Gasteiger partial charge in [0.15, 0.2) is 22.2 Å². The molecule has 138 valence electrons. The number of ether oxygens (including phenoxy) is 1. The van der Waals surface area contributed by atoms with Crippen LogP contribution in [-0.2, 0) is 24.2 Å². The van der Waals surface area contributed by atoms with Gasteiger partial charge in [0.25, 0.3) is 5.91 Å². The van der Waals surface area contributed by atoms with E-state index in [1.807, 2.05) is 13.8 Å². The zero-order valence-electron chi connectivity index (χ0n) is 14.2. The maximum absolute atomic E-state index is 12.1. The molecule has 1 fully saturated rings. The van der Waals surface area contributed by atoms with Gasteiger partial charge in [-0.1, -0.05) is 0 Å². The lowest BCUT2D eigenvalue weighted by Crippen LogP contribution is -2.38. The van der Waals surface area contributed by atoms with Crippen molar-refractivity contribution in [1.82, 2.24) is 5.32 Å². The third-order valence-electron chi connectivity index (χ3n) is 3.86. The average molecular weight is 387 g/mol. The number of thiophene rings is 1. The molecule has 2 rings (SSSR count). The molecule has 9 heteroatoms. The predicted octanol–water partition coefficient (Wildman–Crippen LogP) is 1.17. The minimum Gasteiger partial charge on any atom is -0.456 e. The van der Waals surface area contributed by atoms with Gasteiger partial charge in [0.2, 0.25) is 0 Å². The third kappa shape index (κ3) is 5.93. The molecular formula is C16H21NO6S2. The molecule has 1 saturated heterocycles. The van der Waals surface area contributed by atoms with Crippen LogP contribution < -0.4 is 5.32 Å². The Kier molecular flexibility index (Phi) is 6.34. The van der Waals surface area contributed by atoms with Gasteiger partial charge in [-0.2, -0.15) is 0 Å². The van der Waals surface area contributed by atoms with Crippen LogP contribution in [0.25, 0.3) is 0 Å². The summed E-state index contributed by atoms with van der Waals surface area (Å²) in [6.45, 7) is 3.30. The topological polar surface area (TPSA) is 107 Å². The molecule has 0 radical (unpaired) electrons. The molecule has 0 bridgehead atoms. The molecular weight excluding hydrogens is 366 g/mol. The lowest BCUT2D eigenvalue weighted by molar-refractivity contribution is -0.148. The van der Waals surface area contributed by atoms with Crippen LogP contribution >= 0.6 is 11.3 Å². The highest BCUT2D eigenvalue weighted by molar-refractivity contribution is 7.91. The van der Waals surface area contributed by atoms with Crippen molar-refractivity contribution in [2.24, 2.45) is 0 Å². The molecule has 1 aromatic heterocycles. The number of hydrogen-bond donors (Lipinski definition) is 1. The standard InChI is InChI=1S/C16H21NO6S2/c1-10-7-13(11(2)24-10)14(18)3-4-16(20)23-8-15(19)17-12-5-6-25(21,22)9-12/h7,12H,3-6,8-9H2,1-2H3,(H,17,19)/t12-/m1/s1. The minimum atomic E-state index is -3.08. The highest BCUT2D eigenvalue weighted by Gasteiger charge is 2.29. The van der Waals surface area contributed by atoms with Crippen LogP contribution in [0, 0.1) is 13.8 Å². The fourth-order valence-electron chi connectivity index (χ4n) is 2.65. The van der Waals surface area contributed by atoms with E-state index in [0.717, 1.165) is 9.75 Å². The van der Waals surface area contributed by atoms with E-state index in [-0.39, 0.29) is 30.1 Å². The van der Waals surface area contributed by atoms with Gasteiger partial charge in [0.05, 0.1) is 17.9 Å². The molecule has 1 aromatic rings. The highest BCUT2D eigenvalue weighted by atomic mass is 32.2. The molecule has 2 heterocycles. The summed E-state index contributed by atoms with van der Waals surface area (Å²) < 4.78 is 27.5. The summed E-state index contributed by atoms with van der Waals surface area (Å²) in [5.41, 5.74) is 0.621. The first-order valence-electron chi connectivity index (χ1n) is 7.92. The maximum Gasteiger partial charge on any atom is 0.306 e. The van der Waals surface area contributed by atoms with Crippen LogP contribution in [0.5, 0.6) is 0 Å². The first kappa shape index (κ1) is 19.6. The molecule has 0 spiro atoms. The second-order valence-corrected chi connectivity index (χ2v) is 9.77. The number of hydrogen-bond acceptors (Lipinski definition) is 7. The second-order valence-electron chi connectivity index (χ2n) is 6.08. The van der Waals surface area contributed by atoms with E-state index in [1.54, 1.807) is 6.07 Å². The number of Topliss-reactive ketones (excluding diaryl/α,β-unsaturated/α-hetero) is 1. The van der Waals surface area contributed by atoms with Crippen molar-refractivity contribution >= 4 is 38.8 Å². The van der Waals surface area contributed by atoms with Crippen LogP contribution in [0.2, 0.25) is 0 Å². The molecule has 7 nitrogen and oxygen atoms in total. The van der Waals surface area contributed by atoms with Crippen LogP contribution in [-0.4, -0.2) is 50.2 Å². The van der Waals surface area contributed by atoms with E-state index in [1.165, 1.54) is 11.3 Å². The molecule has 25 heavy (non-hydrogen) atoms. The minimum absolute atomic E-state index is 0.0261. The molecule has 0 unspecified atom stereocenters. The van der Waals surface area contributed by atoms with Gasteiger partial charge in [-0.05, 0) is 26.3 Å². The molecule has 1 N–H and O–H groups in total. The lowest BCUT2D eigenvalue weighted by Gasteiger charge is -2.10. The van der Waals surface area contributed by atoms with Crippen molar-refractivity contribution in [3.8, 4) is 0 Å². The van der Waals surface area contributed by atoms with Gasteiger partial charge in [-0.3, -0.25) is 14.4 Å². The zero-order chi connectivity index (χ0) is 18.6. The van der Waals surface area contributed by atoms with E-state index in [0.29, 0.717) is 12.0 Å². The van der Waals surface area contributed by atoms with Gasteiger partial charge in [0, 0.05) is 27.8 Å². The SMILES string of the molecule is Cc1cc(C(=O)CCC(=O)OCC(=O)N[C@@H]2CCS(=O)(=O)C2)c(C)s1. The van der Waals surface area contributed by atoms with Gasteiger partial charge in [-0.25, -0.2) is 8.42 Å². The van der Waals surface area contributed by atoms with Crippen molar-refractivity contribution in [1.29, 1.82) is 0 Å². The Morgan fingerprint density at radius 1 is 1.28 bits per heavy atom. The maximum atomic E-state index is 12.1. The smallest absolute Gasteiger partial charge is 0.306 e. The number of nitrogens with one attached hydrogen (secondary N) is 1. The Morgan fingerprint density at radius 2 is 2.00 bits per heavy atom. The first-order chi connectivity index (χ1) is 11.7. The molecule has 0 aliphatic carbocycles. The van der Waals surface area contributed by atoms with Crippen LogP contribution in [0.15, 0.2) is 6.07 Å². The number of esters is 1. The van der Waals surface area contributed by atoms with E-state index >= 15 is 0 Å². The van der Waals surface area contributed by atoms with Crippen molar-refractivity contribution in [2.75, 3.05) is 18.1 Å². The van der Waals surface area contributed by atoms with E-state index < -0.39 is 34.4 Å². The summed E-state index contributed by atoms with van der Waals surface area (Å²) in [6, 6.07) is 1.37. The summed E-state index contributed by atoms with van der Waals surface area (Å²) in [4.78, 5) is 37.4. The van der Waals surface area contributed by atoms with Crippen LogP contribution in [0.3, 0.4) is 0 Å². The fourth-order valence-corrected chi connectivity index (χ4v) is 5.27. The molecule has 1 atom stereocenters. The van der Waals surface area contributed by atoms with E-state index in [4.69, 9.17) is 4.74 Å². The average Bonchev–Trinajstić information content (AvgIpc) is 3.03. The number of rotatable bonds is 7. The Labute approximate surface area is 150 Å². The number of ketones is 1. The number of carbonyl (C=O) groups excluding carboxylic acids is 3. The molecule has 0 aromatic carbocycles. The Hall–Kier alpha value is -1.74. The summed E-state index contributed by atoms with van der Waals surface area (Å²) in [5.74, 6) is -1.32. The third-order valence-corrected chi connectivity index (χ3v) is 6.59. The molecule has 1 aliphatic rings. The number of amides is 1. The Balaban J connectivity index is 1.69. The van der Waals surface area contributed by atoms with Crippen molar-refractivity contribution in [2.45, 2.75) is 39.2 Å². The van der Waals surface area contributed by atoms with Gasteiger partial charge < -0.3 is 10.1 Å². The number of aryl methyl sites for hydroxylation is 2. The van der Waals surface area contributed by atoms with Crippen molar-refractivity contribution in [3.63, 3.8) is 0 Å². The predicted molar refractivity (Wildman–Crippen MR) is 93.5 cm³/mol. The number of carbonyl (C=O) groups is 3. The van der Waals surface area contributed by atoms with Crippen molar-refractivity contribution < 1.29 is 27.5 Å². The normalized spacial score (nSPS) is 18.7. The monoisotopic (exact) mass is 387 g/mol. The van der Waals surface area contributed by atoms with Crippen LogP contribution in [0.4, 0.5) is 0 Å². The summed E-state index contributed by atoms with van der Waals surface area (Å²) in [5, 5.41) is 2.53. The summed E-state index contributed by atoms with van der Waals surface area (Å²) in [7, 11) is -3.08. The van der Waals surface area contributed by atoms with Gasteiger partial charge in [0.1, 0.15) is 0 Å². The second kappa shape index (κ2) is 8.09. The largest absolute Gasteiger partial charge is 0.456 e. The quantitative estimate of drug-likeness (QED) is 0.556. The van der Waals surface area contributed by atoms with E-state index in [9.17, 15) is 22.8 Å². The molecule has 1 amide bonds. The van der Waals surface area contributed by atoms with E-state index in [2.05, 4.69) is 5.32 Å². The highest BCUT2D eigenvalue weighted by Crippen LogP contribution is 2.22.